The lowest BCUT2D eigenvalue weighted by atomic mass is 9.93. The van der Waals surface area contributed by atoms with Gasteiger partial charge < -0.3 is 36.3 Å². The van der Waals surface area contributed by atoms with Crippen LogP contribution in [0.25, 0.3) is 0 Å². The summed E-state index contributed by atoms with van der Waals surface area (Å²) in [6, 6.07) is 6.68. The molecule has 42 heavy (non-hydrogen) atoms. The number of rotatable bonds is 22. The molecule has 6 N–H and O–H groups in total. The fraction of sp³-hybridized carbons (Fsp3) is 0.677. The topological polar surface area (TPSA) is 169 Å². The lowest BCUT2D eigenvalue weighted by Crippen LogP contribution is -2.40. The van der Waals surface area contributed by atoms with Crippen LogP contribution in [0.4, 0.5) is 0 Å². The van der Waals surface area contributed by atoms with Crippen LogP contribution < -0.4 is 26.4 Å². The molecule has 238 valence electrons. The molecule has 0 saturated carbocycles. The van der Waals surface area contributed by atoms with Gasteiger partial charge in [0, 0.05) is 43.3 Å². The maximum absolute atomic E-state index is 12.3. The normalized spacial score (nSPS) is 12.3. The van der Waals surface area contributed by atoms with Crippen molar-refractivity contribution < 1.29 is 33.8 Å². The van der Waals surface area contributed by atoms with Gasteiger partial charge in [-0.2, -0.15) is 0 Å². The highest BCUT2D eigenvalue weighted by atomic mass is 16.5. The Bertz CT molecular complexity index is 980. The highest BCUT2D eigenvalue weighted by Crippen LogP contribution is 2.19. The van der Waals surface area contributed by atoms with Gasteiger partial charge in [0.15, 0.2) is 6.61 Å². The lowest BCUT2D eigenvalue weighted by Gasteiger charge is -2.29. The molecule has 0 radical (unpaired) electrons. The summed E-state index contributed by atoms with van der Waals surface area (Å²) in [5.41, 5.74) is 6.02. The number of unbranched alkanes of at least 4 members (excludes halogenated alkanes) is 2. The van der Waals surface area contributed by atoms with E-state index in [1.165, 1.54) is 0 Å². The third-order valence-electron chi connectivity index (χ3n) is 6.54. The first-order chi connectivity index (χ1) is 19.7. The summed E-state index contributed by atoms with van der Waals surface area (Å²) < 4.78 is 11.5. The molecule has 0 unspecified atom stereocenters. The van der Waals surface area contributed by atoms with Crippen molar-refractivity contribution in [1.29, 1.82) is 0 Å². The van der Waals surface area contributed by atoms with Gasteiger partial charge in [0.05, 0.1) is 13.2 Å². The standard InChI is InChI=1S/C31H52N4O7/c1-23-13-15-24(16-14-23)42-18-28(38)35-20-31(4,5)22-41-21-30(2,3)19-34-27(37)12-7-6-11-26(36)33-17-9-8-10-25(32)29(39)40/h13-16,25H,6-12,17-22,32H2,1-5H3,(H,33,36)(H,34,37)(H,35,38)(H,39,40)/t25-/m0/s1. The molecular formula is C31H52N4O7. The Kier molecular flexibility index (Phi) is 16.8. The fourth-order valence-electron chi connectivity index (χ4n) is 3.80. The molecular weight excluding hydrogens is 540 g/mol. The number of carboxylic acid groups (broad SMARTS) is 1. The fourth-order valence-corrected chi connectivity index (χ4v) is 3.80. The summed E-state index contributed by atoms with van der Waals surface area (Å²) in [7, 11) is 0. The minimum Gasteiger partial charge on any atom is -0.484 e. The first-order valence-corrected chi connectivity index (χ1v) is 14.7. The number of aryl methyl sites for hydroxylation is 1. The molecule has 1 aromatic rings. The number of carbonyl (C=O) groups excluding carboxylic acids is 3. The lowest BCUT2D eigenvalue weighted by molar-refractivity contribution is -0.138. The first-order valence-electron chi connectivity index (χ1n) is 14.7. The summed E-state index contributed by atoms with van der Waals surface area (Å²) >= 11 is 0. The summed E-state index contributed by atoms with van der Waals surface area (Å²) in [5, 5.41) is 17.4. The molecule has 1 rings (SSSR count). The number of nitrogens with two attached hydrogens (primary N) is 1. The maximum atomic E-state index is 12.3. The van der Waals surface area contributed by atoms with Crippen LogP contribution in [0.5, 0.6) is 5.75 Å². The van der Waals surface area contributed by atoms with E-state index in [1.54, 1.807) is 0 Å². The Labute approximate surface area is 250 Å². The minimum absolute atomic E-state index is 0.0482. The second-order valence-electron chi connectivity index (χ2n) is 12.5. The molecule has 0 aliphatic heterocycles. The van der Waals surface area contributed by atoms with E-state index in [1.807, 2.05) is 58.9 Å². The van der Waals surface area contributed by atoms with E-state index < -0.39 is 12.0 Å². The SMILES string of the molecule is Cc1ccc(OCC(=O)NCC(C)(C)COCC(C)(C)CNC(=O)CCCCC(=O)NCCCC[C@H](N)C(=O)O)cc1. The van der Waals surface area contributed by atoms with Crippen LogP contribution in [0.2, 0.25) is 0 Å². The Balaban J connectivity index is 2.13. The predicted molar refractivity (Wildman–Crippen MR) is 162 cm³/mol. The van der Waals surface area contributed by atoms with Crippen LogP contribution in [0.15, 0.2) is 24.3 Å². The molecule has 0 bridgehead atoms. The molecule has 0 spiro atoms. The van der Waals surface area contributed by atoms with E-state index in [2.05, 4.69) is 16.0 Å². The molecule has 0 aliphatic carbocycles. The Morgan fingerprint density at radius 3 is 1.88 bits per heavy atom. The van der Waals surface area contributed by atoms with E-state index in [0.717, 1.165) is 5.56 Å². The summed E-state index contributed by atoms with van der Waals surface area (Å²) in [4.78, 5) is 47.0. The zero-order chi connectivity index (χ0) is 31.6. The second kappa shape index (κ2) is 19.1. The van der Waals surface area contributed by atoms with E-state index >= 15 is 0 Å². The second-order valence-corrected chi connectivity index (χ2v) is 12.5. The molecule has 0 aromatic heterocycles. The number of nitrogens with one attached hydrogen (secondary N) is 3. The number of carboxylic acids is 1. The van der Waals surface area contributed by atoms with E-state index in [0.29, 0.717) is 83.5 Å². The van der Waals surface area contributed by atoms with Gasteiger partial charge in [0.25, 0.3) is 5.91 Å². The van der Waals surface area contributed by atoms with Crippen molar-refractivity contribution in [3.05, 3.63) is 29.8 Å². The molecule has 0 aliphatic rings. The van der Waals surface area contributed by atoms with Gasteiger partial charge in [-0.15, -0.1) is 0 Å². The van der Waals surface area contributed by atoms with Crippen LogP contribution in [0.1, 0.15) is 78.2 Å². The monoisotopic (exact) mass is 592 g/mol. The number of carbonyl (C=O) groups is 4. The number of ether oxygens (including phenoxy) is 2. The average Bonchev–Trinajstić information content (AvgIpc) is 2.92. The zero-order valence-corrected chi connectivity index (χ0v) is 26.1. The average molecular weight is 593 g/mol. The zero-order valence-electron chi connectivity index (χ0n) is 26.1. The van der Waals surface area contributed by atoms with E-state index in [-0.39, 0.29) is 35.2 Å². The molecule has 0 saturated heterocycles. The van der Waals surface area contributed by atoms with E-state index in [9.17, 15) is 19.2 Å². The summed E-state index contributed by atoms with van der Waals surface area (Å²) in [5.74, 6) is -0.688. The van der Waals surface area contributed by atoms with Crippen LogP contribution >= 0.6 is 0 Å². The smallest absolute Gasteiger partial charge is 0.320 e. The van der Waals surface area contributed by atoms with Gasteiger partial charge in [0.2, 0.25) is 11.8 Å². The van der Waals surface area contributed by atoms with Gasteiger partial charge in [-0.05, 0) is 51.2 Å². The van der Waals surface area contributed by atoms with Gasteiger partial charge in [0.1, 0.15) is 11.8 Å². The minimum atomic E-state index is -1.01. The molecule has 1 atom stereocenters. The highest BCUT2D eigenvalue weighted by molar-refractivity contribution is 5.78. The molecule has 0 heterocycles. The van der Waals surface area contributed by atoms with Crippen molar-refractivity contribution in [2.75, 3.05) is 39.5 Å². The molecule has 11 nitrogen and oxygen atoms in total. The van der Waals surface area contributed by atoms with Gasteiger partial charge >= 0.3 is 5.97 Å². The van der Waals surface area contributed by atoms with Crippen molar-refractivity contribution in [3.63, 3.8) is 0 Å². The number of hydrogen-bond donors (Lipinski definition) is 5. The van der Waals surface area contributed by atoms with Gasteiger partial charge in [-0.25, -0.2) is 0 Å². The van der Waals surface area contributed by atoms with Gasteiger partial charge in [-0.1, -0.05) is 45.4 Å². The molecule has 1 aromatic carbocycles. The predicted octanol–water partition coefficient (Wildman–Crippen LogP) is 2.93. The van der Waals surface area contributed by atoms with E-state index in [4.69, 9.17) is 20.3 Å². The third kappa shape index (κ3) is 18.3. The molecule has 11 heteroatoms. The van der Waals surface area contributed by atoms with Crippen molar-refractivity contribution in [2.45, 2.75) is 85.6 Å². The number of amides is 3. The quantitative estimate of drug-likeness (QED) is 0.128. The van der Waals surface area contributed by atoms with Crippen LogP contribution in [-0.4, -0.2) is 74.3 Å². The third-order valence-corrected chi connectivity index (χ3v) is 6.54. The van der Waals surface area contributed by atoms with Crippen molar-refractivity contribution >= 4 is 23.7 Å². The number of benzene rings is 1. The summed E-state index contributed by atoms with van der Waals surface area (Å²) in [6.45, 7) is 12.3. The molecule has 3 amide bonds. The van der Waals surface area contributed by atoms with Crippen LogP contribution in [0, 0.1) is 17.8 Å². The van der Waals surface area contributed by atoms with Crippen molar-refractivity contribution in [1.82, 2.24) is 16.0 Å². The van der Waals surface area contributed by atoms with Crippen LogP contribution in [0.3, 0.4) is 0 Å². The van der Waals surface area contributed by atoms with Crippen molar-refractivity contribution in [2.24, 2.45) is 16.6 Å². The Morgan fingerprint density at radius 1 is 0.810 bits per heavy atom. The van der Waals surface area contributed by atoms with Crippen LogP contribution in [-0.2, 0) is 23.9 Å². The first kappa shape index (κ1) is 36.8. The number of aliphatic carboxylic acids is 1. The highest BCUT2D eigenvalue weighted by Gasteiger charge is 2.24. The number of hydrogen-bond acceptors (Lipinski definition) is 7. The van der Waals surface area contributed by atoms with Crippen molar-refractivity contribution in [3.8, 4) is 5.75 Å². The Hall–Kier alpha value is -3.18. The molecule has 0 fully saturated rings. The maximum Gasteiger partial charge on any atom is 0.320 e. The van der Waals surface area contributed by atoms with Gasteiger partial charge in [-0.3, -0.25) is 19.2 Å². The largest absolute Gasteiger partial charge is 0.484 e. The Morgan fingerprint density at radius 2 is 1.33 bits per heavy atom. The summed E-state index contributed by atoms with van der Waals surface area (Å²) in [6.07, 6.45) is 3.60.